The molecule has 0 aliphatic rings. The summed E-state index contributed by atoms with van der Waals surface area (Å²) >= 11 is 0. The Bertz CT molecular complexity index is 414. The van der Waals surface area contributed by atoms with Gasteiger partial charge in [0.15, 0.2) is 0 Å². The van der Waals surface area contributed by atoms with Gasteiger partial charge in [-0.15, -0.1) is 0 Å². The molecule has 0 amide bonds. The fourth-order valence-corrected chi connectivity index (χ4v) is 3.21. The summed E-state index contributed by atoms with van der Waals surface area (Å²) in [4.78, 5) is 0. The lowest BCUT2D eigenvalue weighted by Gasteiger charge is -2.23. The maximum atomic E-state index is 12.5. The Morgan fingerprint density at radius 1 is 1.28 bits per heavy atom. The highest BCUT2D eigenvalue weighted by Gasteiger charge is 2.33. The van der Waals surface area contributed by atoms with Crippen molar-refractivity contribution in [2.45, 2.75) is 19.6 Å². The molecule has 0 fully saturated rings. The van der Waals surface area contributed by atoms with Crippen LogP contribution >= 0.6 is 7.60 Å². The third-order valence-corrected chi connectivity index (χ3v) is 4.61. The summed E-state index contributed by atoms with van der Waals surface area (Å²) in [6.45, 7) is 4.08. The third kappa shape index (κ3) is 3.56. The maximum absolute atomic E-state index is 12.5. The first-order valence-corrected chi connectivity index (χ1v) is 7.47. The third-order valence-electron chi connectivity index (χ3n) is 2.39. The van der Waals surface area contributed by atoms with Gasteiger partial charge in [-0.2, -0.15) is 0 Å². The molecule has 1 rings (SSSR count). The second kappa shape index (κ2) is 6.90. The van der Waals surface area contributed by atoms with Gasteiger partial charge >= 0.3 is 7.60 Å². The van der Waals surface area contributed by atoms with Crippen LogP contribution in [0.2, 0.25) is 0 Å². The van der Waals surface area contributed by atoms with Crippen molar-refractivity contribution >= 4 is 7.60 Å². The van der Waals surface area contributed by atoms with E-state index in [2.05, 4.69) is 0 Å². The molecule has 1 atom stereocenters. The van der Waals surface area contributed by atoms with Crippen LogP contribution < -0.4 is 10.5 Å². The Labute approximate surface area is 108 Å². The standard InChI is InChI=1S/C12H20NO4P/c1-4-16-18(14,17-5-2)12(13)10-7-6-8-11(9-10)15-3/h6-9,12H,4-5,13H2,1-3H3. The van der Waals surface area contributed by atoms with Crippen LogP contribution in [0.1, 0.15) is 25.2 Å². The minimum absolute atomic E-state index is 0.287. The number of hydrogen-bond donors (Lipinski definition) is 1. The normalized spacial score (nSPS) is 13.3. The lowest BCUT2D eigenvalue weighted by atomic mass is 10.2. The van der Waals surface area contributed by atoms with E-state index < -0.39 is 13.4 Å². The van der Waals surface area contributed by atoms with Crippen LogP contribution in [0.25, 0.3) is 0 Å². The van der Waals surface area contributed by atoms with Gasteiger partial charge in [-0.05, 0) is 31.5 Å². The van der Waals surface area contributed by atoms with Crippen LogP contribution in [0.3, 0.4) is 0 Å². The van der Waals surface area contributed by atoms with E-state index in [0.29, 0.717) is 11.3 Å². The largest absolute Gasteiger partial charge is 0.497 e. The Morgan fingerprint density at radius 2 is 1.89 bits per heavy atom. The smallest absolute Gasteiger partial charge is 0.351 e. The van der Waals surface area contributed by atoms with Crippen molar-refractivity contribution in [1.29, 1.82) is 0 Å². The highest BCUT2D eigenvalue weighted by atomic mass is 31.2. The zero-order valence-electron chi connectivity index (χ0n) is 11.0. The van der Waals surface area contributed by atoms with Gasteiger partial charge in [-0.1, -0.05) is 12.1 Å². The number of hydrogen-bond acceptors (Lipinski definition) is 5. The molecule has 0 aliphatic carbocycles. The van der Waals surface area contributed by atoms with E-state index in [1.807, 2.05) is 0 Å². The topological polar surface area (TPSA) is 70.8 Å². The van der Waals surface area contributed by atoms with Crippen molar-refractivity contribution in [3.63, 3.8) is 0 Å². The quantitative estimate of drug-likeness (QED) is 0.773. The number of methoxy groups -OCH3 is 1. The summed E-state index contributed by atoms with van der Waals surface area (Å²) < 4.78 is 28.1. The molecule has 0 aliphatic heterocycles. The van der Waals surface area contributed by atoms with E-state index in [4.69, 9.17) is 19.5 Å². The minimum atomic E-state index is -3.34. The molecule has 1 aromatic carbocycles. The number of rotatable bonds is 7. The molecule has 2 N–H and O–H groups in total. The van der Waals surface area contributed by atoms with Crippen molar-refractivity contribution in [1.82, 2.24) is 0 Å². The molecular formula is C12H20NO4P. The molecule has 0 heterocycles. The predicted molar refractivity (Wildman–Crippen MR) is 70.8 cm³/mol. The van der Waals surface area contributed by atoms with E-state index in [9.17, 15) is 4.57 Å². The monoisotopic (exact) mass is 273 g/mol. The highest BCUT2D eigenvalue weighted by molar-refractivity contribution is 7.54. The summed E-state index contributed by atoms with van der Waals surface area (Å²) in [5.41, 5.74) is 6.67. The number of ether oxygens (including phenoxy) is 1. The second-order valence-corrected chi connectivity index (χ2v) is 5.75. The van der Waals surface area contributed by atoms with Gasteiger partial charge < -0.3 is 19.5 Å². The van der Waals surface area contributed by atoms with Crippen LogP contribution in [0.15, 0.2) is 24.3 Å². The molecular weight excluding hydrogens is 253 g/mol. The SMILES string of the molecule is CCOP(=O)(OCC)C(N)c1cccc(OC)c1. The van der Waals surface area contributed by atoms with E-state index in [0.717, 1.165) is 0 Å². The van der Waals surface area contributed by atoms with Crippen molar-refractivity contribution < 1.29 is 18.3 Å². The first kappa shape index (κ1) is 15.2. The summed E-state index contributed by atoms with van der Waals surface area (Å²) in [6.07, 6.45) is 0. The molecule has 5 nitrogen and oxygen atoms in total. The van der Waals surface area contributed by atoms with Crippen LogP contribution in [-0.4, -0.2) is 20.3 Å². The molecule has 0 saturated carbocycles. The van der Waals surface area contributed by atoms with Crippen LogP contribution in [0.4, 0.5) is 0 Å². The summed E-state index contributed by atoms with van der Waals surface area (Å²) in [5, 5.41) is 0. The Balaban J connectivity index is 3.01. The van der Waals surface area contributed by atoms with Crippen LogP contribution in [-0.2, 0) is 13.6 Å². The number of benzene rings is 1. The van der Waals surface area contributed by atoms with Crippen molar-refractivity contribution in [3.8, 4) is 5.75 Å². The van der Waals surface area contributed by atoms with Gasteiger partial charge in [0.25, 0.3) is 0 Å². The van der Waals surface area contributed by atoms with Gasteiger partial charge in [0, 0.05) is 0 Å². The molecule has 1 unspecified atom stereocenters. The van der Waals surface area contributed by atoms with Gasteiger partial charge in [0.05, 0.1) is 20.3 Å². The minimum Gasteiger partial charge on any atom is -0.497 e. The van der Waals surface area contributed by atoms with Gasteiger partial charge in [-0.25, -0.2) is 0 Å². The van der Waals surface area contributed by atoms with Gasteiger partial charge in [-0.3, -0.25) is 4.57 Å². The van der Waals surface area contributed by atoms with E-state index in [-0.39, 0.29) is 13.2 Å². The lowest BCUT2D eigenvalue weighted by Crippen LogP contribution is -2.15. The molecule has 1 aromatic rings. The maximum Gasteiger partial charge on any atom is 0.351 e. The lowest BCUT2D eigenvalue weighted by molar-refractivity contribution is 0.212. The van der Waals surface area contributed by atoms with Gasteiger partial charge in [0.1, 0.15) is 11.5 Å². The van der Waals surface area contributed by atoms with E-state index >= 15 is 0 Å². The Morgan fingerprint density at radius 3 is 2.39 bits per heavy atom. The fourth-order valence-electron chi connectivity index (χ4n) is 1.57. The highest BCUT2D eigenvalue weighted by Crippen LogP contribution is 2.58. The Kier molecular flexibility index (Phi) is 5.82. The molecule has 102 valence electrons. The van der Waals surface area contributed by atoms with Crippen LogP contribution in [0, 0.1) is 0 Å². The molecule has 18 heavy (non-hydrogen) atoms. The average Bonchev–Trinajstić information content (AvgIpc) is 2.38. The summed E-state index contributed by atoms with van der Waals surface area (Å²) in [5.74, 6) is -0.157. The van der Waals surface area contributed by atoms with E-state index in [1.54, 1.807) is 45.2 Å². The Hall–Kier alpha value is -0.870. The number of nitrogens with two attached hydrogens (primary N) is 1. The zero-order chi connectivity index (χ0) is 13.6. The average molecular weight is 273 g/mol. The molecule has 0 aromatic heterocycles. The molecule has 0 radical (unpaired) electrons. The second-order valence-electron chi connectivity index (χ2n) is 3.60. The van der Waals surface area contributed by atoms with Crippen molar-refractivity contribution in [2.75, 3.05) is 20.3 Å². The van der Waals surface area contributed by atoms with E-state index in [1.165, 1.54) is 0 Å². The van der Waals surface area contributed by atoms with Crippen LogP contribution in [0.5, 0.6) is 5.75 Å². The van der Waals surface area contributed by atoms with Gasteiger partial charge in [0.2, 0.25) is 0 Å². The first-order valence-electron chi connectivity index (χ1n) is 5.85. The van der Waals surface area contributed by atoms with Crippen molar-refractivity contribution in [3.05, 3.63) is 29.8 Å². The molecule has 6 heteroatoms. The molecule has 0 saturated heterocycles. The first-order chi connectivity index (χ1) is 8.57. The predicted octanol–water partition coefficient (Wildman–Crippen LogP) is 2.92. The molecule has 0 spiro atoms. The molecule has 0 bridgehead atoms. The van der Waals surface area contributed by atoms with Crippen molar-refractivity contribution in [2.24, 2.45) is 5.73 Å². The fraction of sp³-hybridized carbons (Fsp3) is 0.500. The summed E-state index contributed by atoms with van der Waals surface area (Å²) in [7, 11) is -1.78. The zero-order valence-corrected chi connectivity index (χ0v) is 11.9. The summed E-state index contributed by atoms with van der Waals surface area (Å²) in [6, 6.07) is 7.09.